The van der Waals surface area contributed by atoms with Gasteiger partial charge in [-0.1, -0.05) is 6.07 Å². The van der Waals surface area contributed by atoms with Crippen LogP contribution in [0.25, 0.3) is 0 Å². The van der Waals surface area contributed by atoms with Crippen molar-refractivity contribution in [1.29, 1.82) is 0 Å². The van der Waals surface area contributed by atoms with Crippen molar-refractivity contribution in [1.82, 2.24) is 9.97 Å². The van der Waals surface area contributed by atoms with Crippen molar-refractivity contribution in [2.45, 2.75) is 6.92 Å². The van der Waals surface area contributed by atoms with Crippen LogP contribution in [0.1, 0.15) is 5.56 Å². The van der Waals surface area contributed by atoms with Gasteiger partial charge < -0.3 is 15.2 Å². The number of aromatic nitrogens is 2. The average molecular weight is 231 g/mol. The number of nitrogens with zero attached hydrogens (tertiary/aromatic N) is 2. The lowest BCUT2D eigenvalue weighted by Crippen LogP contribution is -1.98. The summed E-state index contributed by atoms with van der Waals surface area (Å²) in [5.74, 6) is 1.71. The molecule has 5 heteroatoms. The van der Waals surface area contributed by atoms with Gasteiger partial charge in [-0.25, -0.2) is 9.97 Å². The highest BCUT2D eigenvalue weighted by atomic mass is 16.5. The molecule has 17 heavy (non-hydrogen) atoms. The van der Waals surface area contributed by atoms with Crippen LogP contribution >= 0.6 is 0 Å². The van der Waals surface area contributed by atoms with Crippen molar-refractivity contribution < 1.29 is 9.47 Å². The highest BCUT2D eigenvalue weighted by Gasteiger charge is 2.09. The van der Waals surface area contributed by atoms with E-state index in [2.05, 4.69) is 9.97 Å². The molecule has 2 aromatic rings. The molecule has 0 radical (unpaired) electrons. The van der Waals surface area contributed by atoms with Gasteiger partial charge in [0.1, 0.15) is 0 Å². The molecule has 0 aliphatic rings. The first-order valence-corrected chi connectivity index (χ1v) is 5.09. The van der Waals surface area contributed by atoms with Gasteiger partial charge >= 0.3 is 0 Å². The summed E-state index contributed by atoms with van der Waals surface area (Å²) in [6.45, 7) is 1.98. The Hall–Kier alpha value is -2.30. The highest BCUT2D eigenvalue weighted by molar-refractivity contribution is 5.48. The van der Waals surface area contributed by atoms with Gasteiger partial charge in [0.2, 0.25) is 0 Å². The molecule has 1 aromatic carbocycles. The summed E-state index contributed by atoms with van der Waals surface area (Å²) in [5.41, 5.74) is 6.73. The molecule has 2 rings (SSSR count). The van der Waals surface area contributed by atoms with E-state index in [-0.39, 0.29) is 11.7 Å². The van der Waals surface area contributed by atoms with Crippen LogP contribution < -0.4 is 15.2 Å². The molecule has 0 saturated heterocycles. The Kier molecular flexibility index (Phi) is 3.09. The zero-order valence-electron chi connectivity index (χ0n) is 9.68. The Labute approximate surface area is 99.2 Å². The third-order valence-corrected chi connectivity index (χ3v) is 2.22. The fraction of sp³-hybridized carbons (Fsp3) is 0.167. The van der Waals surface area contributed by atoms with E-state index >= 15 is 0 Å². The molecular weight excluding hydrogens is 218 g/mol. The first-order chi connectivity index (χ1) is 8.20. The van der Waals surface area contributed by atoms with E-state index in [9.17, 15) is 0 Å². The second-order valence-electron chi connectivity index (χ2n) is 3.50. The molecule has 0 bridgehead atoms. The van der Waals surface area contributed by atoms with E-state index in [1.807, 2.05) is 25.1 Å². The summed E-state index contributed by atoms with van der Waals surface area (Å²) >= 11 is 0. The van der Waals surface area contributed by atoms with Crippen LogP contribution in [0.3, 0.4) is 0 Å². The van der Waals surface area contributed by atoms with Crippen molar-refractivity contribution in [2.75, 3.05) is 12.8 Å². The Morgan fingerprint density at radius 3 is 2.59 bits per heavy atom. The van der Waals surface area contributed by atoms with Crippen molar-refractivity contribution in [3.05, 3.63) is 36.2 Å². The van der Waals surface area contributed by atoms with E-state index in [1.165, 1.54) is 12.4 Å². The standard InChI is InChI=1S/C12H13N3O2/c1-8-3-4-9(10(7-8)16-2)17-12-11(13)14-5-6-15-12/h3-7H,1-2H3,(H2,13,14). The third-order valence-electron chi connectivity index (χ3n) is 2.22. The van der Waals surface area contributed by atoms with Crippen molar-refractivity contribution >= 4 is 5.82 Å². The van der Waals surface area contributed by atoms with Crippen LogP contribution in [0.4, 0.5) is 5.82 Å². The predicted molar refractivity (Wildman–Crippen MR) is 64.2 cm³/mol. The van der Waals surface area contributed by atoms with Crippen molar-refractivity contribution in [3.8, 4) is 17.4 Å². The first kappa shape index (κ1) is 11.2. The summed E-state index contributed by atoms with van der Waals surface area (Å²) in [6, 6.07) is 5.61. The number of anilines is 1. The van der Waals surface area contributed by atoms with Crippen LogP contribution in [0.2, 0.25) is 0 Å². The first-order valence-electron chi connectivity index (χ1n) is 5.09. The molecule has 1 aromatic heterocycles. The Morgan fingerprint density at radius 1 is 1.12 bits per heavy atom. The summed E-state index contributed by atoms with van der Waals surface area (Å²) in [4.78, 5) is 7.90. The lowest BCUT2D eigenvalue weighted by Gasteiger charge is -2.10. The van der Waals surface area contributed by atoms with E-state index in [0.29, 0.717) is 11.5 Å². The van der Waals surface area contributed by atoms with Crippen LogP contribution in [-0.2, 0) is 0 Å². The number of hydrogen-bond donors (Lipinski definition) is 1. The van der Waals surface area contributed by atoms with Gasteiger partial charge in [-0.2, -0.15) is 0 Å². The summed E-state index contributed by atoms with van der Waals surface area (Å²) in [5, 5.41) is 0. The highest BCUT2D eigenvalue weighted by Crippen LogP contribution is 2.32. The zero-order chi connectivity index (χ0) is 12.3. The van der Waals surface area contributed by atoms with Gasteiger partial charge in [-0.15, -0.1) is 0 Å². The Morgan fingerprint density at radius 2 is 1.88 bits per heavy atom. The number of aryl methyl sites for hydroxylation is 1. The van der Waals surface area contributed by atoms with Crippen LogP contribution in [0.5, 0.6) is 17.4 Å². The summed E-state index contributed by atoms with van der Waals surface area (Å²) in [6.07, 6.45) is 3.03. The number of ether oxygens (including phenoxy) is 2. The number of nitrogen functional groups attached to an aromatic ring is 1. The molecule has 0 unspecified atom stereocenters. The molecule has 5 nitrogen and oxygen atoms in total. The lowest BCUT2D eigenvalue weighted by atomic mass is 10.2. The quantitative estimate of drug-likeness (QED) is 0.876. The van der Waals surface area contributed by atoms with Crippen LogP contribution in [-0.4, -0.2) is 17.1 Å². The fourth-order valence-electron chi connectivity index (χ4n) is 1.38. The van der Waals surface area contributed by atoms with Crippen molar-refractivity contribution in [2.24, 2.45) is 0 Å². The monoisotopic (exact) mass is 231 g/mol. The summed E-state index contributed by atoms with van der Waals surface area (Å²) < 4.78 is 10.8. The van der Waals surface area contributed by atoms with Crippen LogP contribution in [0.15, 0.2) is 30.6 Å². The number of rotatable bonds is 3. The third kappa shape index (κ3) is 2.44. The van der Waals surface area contributed by atoms with Gasteiger partial charge in [0.25, 0.3) is 5.88 Å². The van der Waals surface area contributed by atoms with Gasteiger partial charge in [0, 0.05) is 12.4 Å². The molecule has 0 aliphatic carbocycles. The molecular formula is C12H13N3O2. The molecule has 2 N–H and O–H groups in total. The van der Waals surface area contributed by atoms with E-state index in [0.717, 1.165) is 5.56 Å². The number of benzene rings is 1. The van der Waals surface area contributed by atoms with Gasteiger partial charge in [0.15, 0.2) is 17.3 Å². The molecule has 0 aliphatic heterocycles. The summed E-state index contributed by atoms with van der Waals surface area (Å²) in [7, 11) is 1.58. The maximum Gasteiger partial charge on any atom is 0.262 e. The zero-order valence-corrected chi connectivity index (χ0v) is 9.68. The van der Waals surface area contributed by atoms with Crippen LogP contribution in [0, 0.1) is 6.92 Å². The largest absolute Gasteiger partial charge is 0.493 e. The molecule has 0 atom stereocenters. The molecule has 0 saturated carbocycles. The molecule has 0 amide bonds. The van der Waals surface area contributed by atoms with E-state index in [4.69, 9.17) is 15.2 Å². The Balaban J connectivity index is 2.33. The second kappa shape index (κ2) is 4.69. The minimum absolute atomic E-state index is 0.245. The normalized spacial score (nSPS) is 10.0. The number of hydrogen-bond acceptors (Lipinski definition) is 5. The minimum Gasteiger partial charge on any atom is -0.493 e. The van der Waals surface area contributed by atoms with Gasteiger partial charge in [0.05, 0.1) is 7.11 Å². The predicted octanol–water partition coefficient (Wildman–Crippen LogP) is 2.17. The van der Waals surface area contributed by atoms with E-state index in [1.54, 1.807) is 7.11 Å². The fourth-order valence-corrected chi connectivity index (χ4v) is 1.38. The number of methoxy groups -OCH3 is 1. The molecule has 0 spiro atoms. The molecule has 0 fully saturated rings. The molecule has 88 valence electrons. The SMILES string of the molecule is COc1cc(C)ccc1Oc1nccnc1N. The van der Waals surface area contributed by atoms with Gasteiger partial charge in [-0.05, 0) is 24.6 Å². The van der Waals surface area contributed by atoms with Crippen molar-refractivity contribution in [3.63, 3.8) is 0 Å². The molecule has 1 heterocycles. The maximum atomic E-state index is 5.65. The lowest BCUT2D eigenvalue weighted by molar-refractivity contribution is 0.374. The minimum atomic E-state index is 0.245. The second-order valence-corrected chi connectivity index (χ2v) is 3.50. The topological polar surface area (TPSA) is 70.3 Å². The smallest absolute Gasteiger partial charge is 0.262 e. The Bertz CT molecular complexity index is 529. The van der Waals surface area contributed by atoms with Gasteiger partial charge in [-0.3, -0.25) is 0 Å². The van der Waals surface area contributed by atoms with E-state index < -0.39 is 0 Å². The number of nitrogens with two attached hydrogens (primary N) is 1. The average Bonchev–Trinajstić information content (AvgIpc) is 2.34. The maximum absolute atomic E-state index is 5.65.